The molecule has 2 heterocycles. The van der Waals surface area contributed by atoms with E-state index >= 15 is 0 Å². The third-order valence-corrected chi connectivity index (χ3v) is 4.27. The quantitative estimate of drug-likeness (QED) is 0.800. The van der Waals surface area contributed by atoms with Gasteiger partial charge in [0.15, 0.2) is 0 Å². The Labute approximate surface area is 133 Å². The molecule has 118 valence electrons. The van der Waals surface area contributed by atoms with Gasteiger partial charge in [0.2, 0.25) is 0 Å². The van der Waals surface area contributed by atoms with E-state index in [1.165, 1.54) is 16.7 Å². The molecule has 0 fully saturated rings. The zero-order valence-electron chi connectivity index (χ0n) is 13.1. The third-order valence-electron chi connectivity index (χ3n) is 4.27. The molecule has 1 aliphatic heterocycles. The van der Waals surface area contributed by atoms with Crippen LogP contribution >= 0.6 is 0 Å². The number of fused-ring (bicyclic) bond motifs is 1. The van der Waals surface area contributed by atoms with Gasteiger partial charge in [0.1, 0.15) is 5.75 Å². The third kappa shape index (κ3) is 2.86. The first-order valence-electron chi connectivity index (χ1n) is 7.37. The molecule has 0 saturated carbocycles. The molecule has 0 radical (unpaired) electrons. The Hall–Kier alpha value is -1.87. The standard InChI is InChI=1S/C18H21NO2.CH4/c1-11-9-18(20-4)16-10-14(5-6-17(16)19-11)15-7-8-21-13(3)12(15)2;/h5-6,9-10,13H,7-8H2,1-4H3;1H4. The van der Waals surface area contributed by atoms with E-state index in [1.54, 1.807) is 7.11 Å². The van der Waals surface area contributed by atoms with Gasteiger partial charge in [-0.15, -0.1) is 0 Å². The van der Waals surface area contributed by atoms with Crippen LogP contribution in [-0.4, -0.2) is 24.8 Å². The Morgan fingerprint density at radius 3 is 2.73 bits per heavy atom. The van der Waals surface area contributed by atoms with Gasteiger partial charge >= 0.3 is 0 Å². The second kappa shape index (κ2) is 6.49. The Morgan fingerprint density at radius 1 is 1.23 bits per heavy atom. The number of hydrogen-bond acceptors (Lipinski definition) is 3. The van der Waals surface area contributed by atoms with Gasteiger partial charge in [-0.1, -0.05) is 13.5 Å². The molecular formula is C19H25NO2. The fourth-order valence-electron chi connectivity index (χ4n) is 2.95. The fourth-order valence-corrected chi connectivity index (χ4v) is 2.95. The van der Waals surface area contributed by atoms with Crippen LogP contribution in [0.1, 0.15) is 39.0 Å². The number of pyridine rings is 1. The molecule has 0 bridgehead atoms. The number of hydrogen-bond donors (Lipinski definition) is 0. The summed E-state index contributed by atoms with van der Waals surface area (Å²) in [7, 11) is 1.71. The van der Waals surface area contributed by atoms with Crippen LogP contribution in [0, 0.1) is 6.92 Å². The lowest BCUT2D eigenvalue weighted by Gasteiger charge is -2.25. The van der Waals surface area contributed by atoms with Crippen LogP contribution in [0.2, 0.25) is 0 Å². The first-order valence-corrected chi connectivity index (χ1v) is 7.37. The maximum atomic E-state index is 5.69. The molecule has 3 rings (SSSR count). The molecule has 3 nitrogen and oxygen atoms in total. The minimum atomic E-state index is 0. The van der Waals surface area contributed by atoms with Crippen molar-refractivity contribution in [3.63, 3.8) is 0 Å². The lowest BCUT2D eigenvalue weighted by atomic mass is 9.92. The molecule has 1 aromatic heterocycles. The fraction of sp³-hybridized carbons (Fsp3) is 0.421. The van der Waals surface area contributed by atoms with E-state index in [2.05, 4.69) is 37.0 Å². The van der Waals surface area contributed by atoms with Crippen molar-refractivity contribution in [3.8, 4) is 5.75 Å². The van der Waals surface area contributed by atoms with Crippen LogP contribution < -0.4 is 4.74 Å². The average Bonchev–Trinajstić information content (AvgIpc) is 2.49. The molecule has 0 amide bonds. The van der Waals surface area contributed by atoms with Crippen LogP contribution in [-0.2, 0) is 4.74 Å². The minimum Gasteiger partial charge on any atom is -0.496 e. The summed E-state index contributed by atoms with van der Waals surface area (Å²) in [6, 6.07) is 8.42. The van der Waals surface area contributed by atoms with Crippen LogP contribution in [0.15, 0.2) is 29.8 Å². The lowest BCUT2D eigenvalue weighted by molar-refractivity contribution is 0.0864. The van der Waals surface area contributed by atoms with Crippen LogP contribution in [0.4, 0.5) is 0 Å². The topological polar surface area (TPSA) is 31.4 Å². The Balaban J connectivity index is 0.00000176. The van der Waals surface area contributed by atoms with Gasteiger partial charge < -0.3 is 9.47 Å². The van der Waals surface area contributed by atoms with Crippen LogP contribution in [0.25, 0.3) is 16.5 Å². The zero-order valence-corrected chi connectivity index (χ0v) is 13.1. The van der Waals surface area contributed by atoms with Gasteiger partial charge in [-0.3, -0.25) is 4.98 Å². The van der Waals surface area contributed by atoms with Crippen LogP contribution in [0.5, 0.6) is 5.75 Å². The van der Waals surface area contributed by atoms with Gasteiger partial charge in [0, 0.05) is 17.1 Å². The largest absolute Gasteiger partial charge is 0.496 e. The van der Waals surface area contributed by atoms with Crippen molar-refractivity contribution < 1.29 is 9.47 Å². The number of benzene rings is 1. The van der Waals surface area contributed by atoms with E-state index in [9.17, 15) is 0 Å². The molecule has 0 spiro atoms. The number of methoxy groups -OCH3 is 1. The molecule has 2 aromatic rings. The summed E-state index contributed by atoms with van der Waals surface area (Å²) in [4.78, 5) is 4.58. The summed E-state index contributed by atoms with van der Waals surface area (Å²) in [5, 5.41) is 1.07. The first kappa shape index (κ1) is 16.5. The second-order valence-corrected chi connectivity index (χ2v) is 5.62. The molecule has 1 aromatic carbocycles. The van der Waals surface area contributed by atoms with Crippen molar-refractivity contribution in [2.75, 3.05) is 13.7 Å². The lowest BCUT2D eigenvalue weighted by Crippen LogP contribution is -2.18. The smallest absolute Gasteiger partial charge is 0.130 e. The molecule has 1 unspecified atom stereocenters. The SMILES string of the molecule is C.COc1cc(C)nc2ccc(C3=C(C)C(C)OCC3)cc12. The molecule has 3 heteroatoms. The average molecular weight is 299 g/mol. The van der Waals surface area contributed by atoms with Gasteiger partial charge in [-0.25, -0.2) is 0 Å². The van der Waals surface area contributed by atoms with Gasteiger partial charge in [0.05, 0.1) is 25.3 Å². The predicted octanol–water partition coefficient (Wildman–Crippen LogP) is 4.77. The predicted molar refractivity (Wildman–Crippen MR) is 92.4 cm³/mol. The normalized spacial score (nSPS) is 18.3. The highest BCUT2D eigenvalue weighted by Gasteiger charge is 2.18. The molecule has 0 N–H and O–H groups in total. The number of aryl methyl sites for hydroxylation is 1. The highest BCUT2D eigenvalue weighted by Crippen LogP contribution is 2.33. The highest BCUT2D eigenvalue weighted by atomic mass is 16.5. The van der Waals surface area contributed by atoms with E-state index < -0.39 is 0 Å². The summed E-state index contributed by atoms with van der Waals surface area (Å²) in [6.45, 7) is 7.05. The van der Waals surface area contributed by atoms with E-state index in [0.29, 0.717) is 0 Å². The maximum absolute atomic E-state index is 5.69. The second-order valence-electron chi connectivity index (χ2n) is 5.62. The minimum absolute atomic E-state index is 0. The Morgan fingerprint density at radius 2 is 2.00 bits per heavy atom. The summed E-state index contributed by atoms with van der Waals surface area (Å²) >= 11 is 0. The van der Waals surface area contributed by atoms with E-state index in [1.807, 2.05) is 13.0 Å². The van der Waals surface area contributed by atoms with E-state index in [-0.39, 0.29) is 13.5 Å². The molecule has 0 saturated heterocycles. The van der Waals surface area contributed by atoms with Crippen molar-refractivity contribution in [1.82, 2.24) is 4.98 Å². The monoisotopic (exact) mass is 299 g/mol. The van der Waals surface area contributed by atoms with Crippen molar-refractivity contribution in [3.05, 3.63) is 41.1 Å². The summed E-state index contributed by atoms with van der Waals surface area (Å²) < 4.78 is 11.2. The van der Waals surface area contributed by atoms with Crippen molar-refractivity contribution in [1.29, 1.82) is 0 Å². The summed E-state index contributed by atoms with van der Waals surface area (Å²) in [6.07, 6.45) is 1.16. The number of nitrogens with zero attached hydrogens (tertiary/aromatic N) is 1. The van der Waals surface area contributed by atoms with E-state index in [4.69, 9.17) is 9.47 Å². The maximum Gasteiger partial charge on any atom is 0.130 e. The zero-order chi connectivity index (χ0) is 15.0. The highest BCUT2D eigenvalue weighted by molar-refractivity contribution is 5.89. The molecule has 1 aliphatic rings. The Bertz CT molecular complexity index is 719. The van der Waals surface area contributed by atoms with Crippen molar-refractivity contribution >= 4 is 16.5 Å². The number of rotatable bonds is 2. The van der Waals surface area contributed by atoms with Crippen LogP contribution in [0.3, 0.4) is 0 Å². The first-order chi connectivity index (χ1) is 10.1. The van der Waals surface area contributed by atoms with Crippen molar-refractivity contribution in [2.24, 2.45) is 0 Å². The molecular weight excluding hydrogens is 274 g/mol. The number of ether oxygens (including phenoxy) is 2. The Kier molecular flexibility index (Phi) is 4.87. The summed E-state index contributed by atoms with van der Waals surface area (Å²) in [5.74, 6) is 0.887. The number of aromatic nitrogens is 1. The van der Waals surface area contributed by atoms with Gasteiger partial charge in [0.25, 0.3) is 0 Å². The molecule has 0 aliphatic carbocycles. The van der Waals surface area contributed by atoms with Gasteiger partial charge in [-0.05, 0) is 56.0 Å². The van der Waals surface area contributed by atoms with Gasteiger partial charge in [-0.2, -0.15) is 0 Å². The summed E-state index contributed by atoms with van der Waals surface area (Å²) in [5.41, 5.74) is 5.91. The van der Waals surface area contributed by atoms with E-state index in [0.717, 1.165) is 35.4 Å². The molecule has 1 atom stereocenters. The van der Waals surface area contributed by atoms with Crippen molar-refractivity contribution in [2.45, 2.75) is 40.7 Å². The molecule has 22 heavy (non-hydrogen) atoms.